The summed E-state index contributed by atoms with van der Waals surface area (Å²) in [6.07, 6.45) is 7.00. The van der Waals surface area contributed by atoms with E-state index in [1.807, 2.05) is 42.7 Å². The van der Waals surface area contributed by atoms with E-state index in [2.05, 4.69) is 39.1 Å². The first-order valence-electron chi connectivity index (χ1n) is 8.89. The van der Waals surface area contributed by atoms with E-state index in [0.717, 1.165) is 33.9 Å². The van der Waals surface area contributed by atoms with E-state index < -0.39 is 0 Å². The molecule has 132 valence electrons. The first-order chi connectivity index (χ1) is 13.1. The number of nitrogens with one attached hydrogen (secondary N) is 1. The van der Waals surface area contributed by atoms with Crippen LogP contribution in [0.1, 0.15) is 37.1 Å². The molecule has 0 radical (unpaired) electrons. The zero-order chi connectivity index (χ0) is 18.4. The minimum Gasteiger partial charge on any atom is -0.355 e. The van der Waals surface area contributed by atoms with Gasteiger partial charge < -0.3 is 5.32 Å². The number of fused-ring (bicyclic) bond motifs is 2. The molecular formula is C21H18N6. The minimum atomic E-state index is -0.318. The molecule has 27 heavy (non-hydrogen) atoms. The van der Waals surface area contributed by atoms with Crippen molar-refractivity contribution in [3.63, 3.8) is 0 Å². The van der Waals surface area contributed by atoms with Crippen molar-refractivity contribution in [3.05, 3.63) is 77.6 Å². The third-order valence-corrected chi connectivity index (χ3v) is 5.14. The van der Waals surface area contributed by atoms with Crippen molar-refractivity contribution in [2.75, 3.05) is 0 Å². The van der Waals surface area contributed by atoms with Crippen molar-refractivity contribution in [2.24, 2.45) is 4.99 Å². The molecule has 6 nitrogen and oxygen atoms in total. The molecule has 2 aromatic heterocycles. The molecule has 2 aliphatic rings. The van der Waals surface area contributed by atoms with Crippen LogP contribution in [0.25, 0.3) is 17.1 Å². The summed E-state index contributed by atoms with van der Waals surface area (Å²) in [7, 11) is 0. The lowest BCUT2D eigenvalue weighted by Gasteiger charge is -2.25. The molecular weight excluding hydrogens is 336 g/mol. The van der Waals surface area contributed by atoms with E-state index in [-0.39, 0.29) is 11.6 Å². The molecule has 1 N–H and O–H groups in total. The number of nitrogens with zero attached hydrogens (tertiary/aromatic N) is 5. The van der Waals surface area contributed by atoms with E-state index in [0.29, 0.717) is 5.82 Å². The van der Waals surface area contributed by atoms with Crippen LogP contribution in [0.3, 0.4) is 0 Å². The molecule has 3 heterocycles. The van der Waals surface area contributed by atoms with Crippen LogP contribution in [0, 0.1) is 0 Å². The van der Waals surface area contributed by atoms with Crippen LogP contribution in [0.4, 0.5) is 0 Å². The van der Waals surface area contributed by atoms with Gasteiger partial charge in [-0.2, -0.15) is 0 Å². The molecule has 1 unspecified atom stereocenters. The molecule has 0 spiro atoms. The summed E-state index contributed by atoms with van der Waals surface area (Å²) in [5.41, 5.74) is 4.92. The first-order valence-corrected chi connectivity index (χ1v) is 8.89. The zero-order valence-electron chi connectivity index (χ0n) is 15.1. The normalized spacial score (nSPS) is 19.4. The van der Waals surface area contributed by atoms with E-state index >= 15 is 0 Å². The Morgan fingerprint density at radius 2 is 1.74 bits per heavy atom. The average Bonchev–Trinajstić information content (AvgIpc) is 2.96. The predicted octanol–water partition coefficient (Wildman–Crippen LogP) is 3.31. The Hall–Kier alpha value is -3.41. The van der Waals surface area contributed by atoms with Crippen molar-refractivity contribution in [2.45, 2.75) is 25.4 Å². The summed E-state index contributed by atoms with van der Waals surface area (Å²) < 4.78 is 0. The standard InChI is InChI=1S/C21H18N6/c1-21(2)14-11-24-18(13-7-4-3-5-8-13)26-16(14)17-15(21)12-25-20(27-17)19-22-9-6-10-23-19/h3-12,20,27H,1-2H3. The molecule has 0 saturated heterocycles. The van der Waals surface area contributed by atoms with Crippen molar-refractivity contribution in [3.8, 4) is 11.4 Å². The largest absolute Gasteiger partial charge is 0.355 e. The average molecular weight is 354 g/mol. The van der Waals surface area contributed by atoms with Crippen LogP contribution < -0.4 is 5.32 Å². The van der Waals surface area contributed by atoms with Crippen LogP contribution in [0.5, 0.6) is 0 Å². The van der Waals surface area contributed by atoms with Gasteiger partial charge in [0.15, 0.2) is 17.8 Å². The summed E-state index contributed by atoms with van der Waals surface area (Å²) in [6, 6.07) is 11.8. The van der Waals surface area contributed by atoms with E-state index in [9.17, 15) is 0 Å². The van der Waals surface area contributed by atoms with Gasteiger partial charge in [-0.15, -0.1) is 0 Å². The highest BCUT2D eigenvalue weighted by Crippen LogP contribution is 2.45. The number of aromatic nitrogens is 4. The fourth-order valence-corrected chi connectivity index (χ4v) is 3.62. The van der Waals surface area contributed by atoms with Crippen LogP contribution >= 0.6 is 0 Å². The van der Waals surface area contributed by atoms with Gasteiger partial charge in [0.1, 0.15) is 0 Å². The summed E-state index contributed by atoms with van der Waals surface area (Å²) in [5, 5.41) is 3.49. The second-order valence-electron chi connectivity index (χ2n) is 7.17. The molecule has 0 bridgehead atoms. The molecule has 6 heteroatoms. The summed E-state index contributed by atoms with van der Waals surface area (Å²) >= 11 is 0. The SMILES string of the molecule is CC1(C)C2=C(NC(c3ncccn3)N=C2)c2nc(-c3ccccc3)ncc21. The van der Waals surface area contributed by atoms with Gasteiger partial charge in [-0.3, -0.25) is 4.99 Å². The van der Waals surface area contributed by atoms with Gasteiger partial charge >= 0.3 is 0 Å². The molecule has 1 aromatic carbocycles. The Bertz CT molecular complexity index is 1070. The number of rotatable bonds is 2. The highest BCUT2D eigenvalue weighted by molar-refractivity contribution is 5.98. The van der Waals surface area contributed by atoms with E-state index in [1.54, 1.807) is 18.5 Å². The fourth-order valence-electron chi connectivity index (χ4n) is 3.62. The van der Waals surface area contributed by atoms with Gasteiger partial charge in [0.05, 0.1) is 11.4 Å². The van der Waals surface area contributed by atoms with Crippen LogP contribution in [0.2, 0.25) is 0 Å². The second kappa shape index (κ2) is 5.81. The van der Waals surface area contributed by atoms with Crippen molar-refractivity contribution < 1.29 is 0 Å². The van der Waals surface area contributed by atoms with Crippen molar-refractivity contribution >= 4 is 11.9 Å². The smallest absolute Gasteiger partial charge is 0.179 e. The number of hydrogen-bond acceptors (Lipinski definition) is 6. The van der Waals surface area contributed by atoms with Gasteiger partial charge in [-0.25, -0.2) is 19.9 Å². The second-order valence-corrected chi connectivity index (χ2v) is 7.17. The maximum Gasteiger partial charge on any atom is 0.179 e. The predicted molar refractivity (Wildman–Crippen MR) is 104 cm³/mol. The molecule has 0 saturated carbocycles. The van der Waals surface area contributed by atoms with Gasteiger partial charge in [0, 0.05) is 46.9 Å². The molecule has 1 aliphatic heterocycles. The van der Waals surface area contributed by atoms with Gasteiger partial charge in [-0.1, -0.05) is 44.2 Å². The Morgan fingerprint density at radius 1 is 0.963 bits per heavy atom. The number of allylic oxidation sites excluding steroid dienone is 1. The fraction of sp³-hybridized carbons (Fsp3) is 0.190. The Morgan fingerprint density at radius 3 is 2.52 bits per heavy atom. The number of aliphatic imine (C=N–C) groups is 1. The van der Waals surface area contributed by atoms with Crippen LogP contribution in [-0.2, 0) is 5.41 Å². The number of hydrogen-bond donors (Lipinski definition) is 1. The van der Waals surface area contributed by atoms with Crippen molar-refractivity contribution in [1.82, 2.24) is 25.3 Å². The highest BCUT2D eigenvalue weighted by Gasteiger charge is 2.41. The quantitative estimate of drug-likeness (QED) is 0.764. The maximum atomic E-state index is 4.90. The Kier molecular flexibility index (Phi) is 3.40. The Labute approximate surface area is 157 Å². The van der Waals surface area contributed by atoms with Gasteiger partial charge in [-0.05, 0) is 6.07 Å². The molecule has 1 atom stereocenters. The summed E-state index contributed by atoms with van der Waals surface area (Å²) in [4.78, 5) is 22.8. The topological polar surface area (TPSA) is 76.0 Å². The monoisotopic (exact) mass is 354 g/mol. The summed E-state index contributed by atoms with van der Waals surface area (Å²) in [6.45, 7) is 4.35. The van der Waals surface area contributed by atoms with Crippen LogP contribution in [-0.4, -0.2) is 26.2 Å². The van der Waals surface area contributed by atoms with E-state index in [1.165, 1.54) is 0 Å². The Balaban J connectivity index is 1.60. The zero-order valence-corrected chi connectivity index (χ0v) is 15.1. The lowest BCUT2D eigenvalue weighted by Crippen LogP contribution is -2.27. The van der Waals surface area contributed by atoms with Gasteiger partial charge in [0.25, 0.3) is 0 Å². The summed E-state index contributed by atoms with van der Waals surface area (Å²) in [5.74, 6) is 1.36. The third-order valence-electron chi connectivity index (χ3n) is 5.14. The highest BCUT2D eigenvalue weighted by atomic mass is 15.2. The molecule has 0 fully saturated rings. The molecule has 0 amide bonds. The third kappa shape index (κ3) is 2.44. The molecule has 5 rings (SSSR count). The first kappa shape index (κ1) is 15.8. The molecule has 3 aromatic rings. The van der Waals surface area contributed by atoms with Crippen molar-refractivity contribution in [1.29, 1.82) is 0 Å². The maximum absolute atomic E-state index is 4.90. The van der Waals surface area contributed by atoms with Crippen LogP contribution in [0.15, 0.2) is 65.6 Å². The van der Waals surface area contributed by atoms with E-state index in [4.69, 9.17) is 4.98 Å². The minimum absolute atomic E-state index is 0.209. The lowest BCUT2D eigenvalue weighted by molar-refractivity contribution is 0.605. The van der Waals surface area contributed by atoms with Gasteiger partial charge in [0.2, 0.25) is 0 Å². The molecule has 1 aliphatic carbocycles. The number of benzene rings is 1. The lowest BCUT2D eigenvalue weighted by atomic mass is 9.82.